The van der Waals surface area contributed by atoms with Gasteiger partial charge in [0, 0.05) is 6.54 Å². The van der Waals surface area contributed by atoms with Crippen LogP contribution in [0.2, 0.25) is 0 Å². The summed E-state index contributed by atoms with van der Waals surface area (Å²) in [6.07, 6.45) is 2.48. The van der Waals surface area contributed by atoms with Crippen molar-refractivity contribution in [2.75, 3.05) is 18.5 Å². The summed E-state index contributed by atoms with van der Waals surface area (Å²) in [6.45, 7) is 7.54. The van der Waals surface area contributed by atoms with Gasteiger partial charge in [-0.05, 0) is 39.5 Å². The molecule has 0 atom stereocenters. The number of nitrogens with one attached hydrogen (secondary N) is 1. The Morgan fingerprint density at radius 2 is 2.22 bits per heavy atom. The quantitative estimate of drug-likeness (QED) is 0.840. The van der Waals surface area contributed by atoms with Gasteiger partial charge in [0.2, 0.25) is 5.91 Å². The Balaban J connectivity index is 1.87. The number of nitrogens with zero attached hydrogens (tertiary/aromatic N) is 2. The van der Waals surface area contributed by atoms with Gasteiger partial charge in [0.05, 0.1) is 23.7 Å². The number of carbonyl (C=O) groups is 1. The SMILES string of the molecule is CCn1nc(C)c(NC(=O)COCC2CC2)c1C. The van der Waals surface area contributed by atoms with Crippen LogP contribution >= 0.6 is 0 Å². The third kappa shape index (κ3) is 3.10. The Labute approximate surface area is 108 Å². The van der Waals surface area contributed by atoms with Gasteiger partial charge in [-0.15, -0.1) is 0 Å². The van der Waals surface area contributed by atoms with Crippen LogP contribution in [0, 0.1) is 19.8 Å². The van der Waals surface area contributed by atoms with E-state index in [9.17, 15) is 4.79 Å². The van der Waals surface area contributed by atoms with Gasteiger partial charge >= 0.3 is 0 Å². The average Bonchev–Trinajstić information content (AvgIpc) is 3.11. The van der Waals surface area contributed by atoms with Gasteiger partial charge in [-0.2, -0.15) is 5.10 Å². The Morgan fingerprint density at radius 3 is 2.78 bits per heavy atom. The first kappa shape index (κ1) is 13.1. The number of amides is 1. The van der Waals surface area contributed by atoms with Gasteiger partial charge in [-0.1, -0.05) is 0 Å². The Hall–Kier alpha value is -1.36. The second-order valence-corrected chi connectivity index (χ2v) is 4.87. The van der Waals surface area contributed by atoms with Crippen LogP contribution in [0.4, 0.5) is 5.69 Å². The van der Waals surface area contributed by atoms with Gasteiger partial charge in [0.1, 0.15) is 6.61 Å². The third-order valence-electron chi connectivity index (χ3n) is 3.23. The number of anilines is 1. The molecular formula is C13H21N3O2. The molecule has 1 aliphatic rings. The Morgan fingerprint density at radius 1 is 1.50 bits per heavy atom. The van der Waals surface area contributed by atoms with Crippen LogP contribution in [-0.4, -0.2) is 28.9 Å². The van der Waals surface area contributed by atoms with Crippen LogP contribution in [0.25, 0.3) is 0 Å². The van der Waals surface area contributed by atoms with Crippen molar-refractivity contribution < 1.29 is 9.53 Å². The fourth-order valence-electron chi connectivity index (χ4n) is 1.96. The number of carbonyl (C=O) groups excluding carboxylic acids is 1. The van der Waals surface area contributed by atoms with Crippen molar-refractivity contribution in [3.63, 3.8) is 0 Å². The zero-order valence-electron chi connectivity index (χ0n) is 11.3. The monoisotopic (exact) mass is 251 g/mol. The molecule has 0 spiro atoms. The van der Waals surface area contributed by atoms with E-state index in [1.165, 1.54) is 12.8 Å². The molecule has 1 aliphatic carbocycles. The first-order chi connectivity index (χ1) is 8.61. The zero-order valence-corrected chi connectivity index (χ0v) is 11.3. The minimum absolute atomic E-state index is 0.0995. The normalized spacial score (nSPS) is 14.8. The molecule has 1 N–H and O–H groups in total. The van der Waals surface area contributed by atoms with Crippen LogP contribution in [-0.2, 0) is 16.1 Å². The van der Waals surface area contributed by atoms with Crippen LogP contribution in [0.15, 0.2) is 0 Å². The lowest BCUT2D eigenvalue weighted by atomic mass is 10.3. The van der Waals surface area contributed by atoms with E-state index in [1.807, 2.05) is 25.5 Å². The van der Waals surface area contributed by atoms with Crippen LogP contribution < -0.4 is 5.32 Å². The minimum Gasteiger partial charge on any atom is -0.371 e. The molecule has 0 saturated heterocycles. The molecule has 0 aliphatic heterocycles. The van der Waals surface area contributed by atoms with Crippen LogP contribution in [0.1, 0.15) is 31.2 Å². The molecule has 0 unspecified atom stereocenters. The van der Waals surface area contributed by atoms with Crippen molar-refractivity contribution in [3.8, 4) is 0 Å². The maximum absolute atomic E-state index is 11.7. The second kappa shape index (κ2) is 5.52. The minimum atomic E-state index is -0.0995. The van der Waals surface area contributed by atoms with Crippen molar-refractivity contribution in [2.24, 2.45) is 5.92 Å². The number of hydrogen-bond acceptors (Lipinski definition) is 3. The summed E-state index contributed by atoms with van der Waals surface area (Å²) < 4.78 is 7.25. The van der Waals surface area contributed by atoms with Gasteiger partial charge < -0.3 is 10.1 Å². The van der Waals surface area contributed by atoms with E-state index in [4.69, 9.17) is 4.74 Å². The van der Waals surface area contributed by atoms with Crippen LogP contribution in [0.5, 0.6) is 0 Å². The van der Waals surface area contributed by atoms with Crippen molar-refractivity contribution in [1.82, 2.24) is 9.78 Å². The summed E-state index contributed by atoms with van der Waals surface area (Å²) in [5.74, 6) is 0.585. The lowest BCUT2D eigenvalue weighted by molar-refractivity contribution is -0.120. The van der Waals surface area contributed by atoms with E-state index in [1.54, 1.807) is 0 Å². The van der Waals surface area contributed by atoms with E-state index in [0.717, 1.165) is 23.6 Å². The highest BCUT2D eigenvalue weighted by atomic mass is 16.5. The van der Waals surface area contributed by atoms with E-state index >= 15 is 0 Å². The molecule has 2 rings (SSSR count). The topological polar surface area (TPSA) is 56.2 Å². The van der Waals surface area contributed by atoms with E-state index in [2.05, 4.69) is 10.4 Å². The maximum Gasteiger partial charge on any atom is 0.250 e. The van der Waals surface area contributed by atoms with Crippen molar-refractivity contribution in [1.29, 1.82) is 0 Å². The molecule has 5 nitrogen and oxygen atoms in total. The predicted octanol–water partition coefficient (Wildman–Crippen LogP) is 1.88. The molecular weight excluding hydrogens is 230 g/mol. The first-order valence-electron chi connectivity index (χ1n) is 6.53. The van der Waals surface area contributed by atoms with Gasteiger partial charge in [-0.3, -0.25) is 9.48 Å². The first-order valence-corrected chi connectivity index (χ1v) is 6.53. The van der Waals surface area contributed by atoms with Crippen molar-refractivity contribution in [2.45, 2.75) is 40.2 Å². The van der Waals surface area contributed by atoms with Gasteiger partial charge in [0.25, 0.3) is 0 Å². The number of aromatic nitrogens is 2. The summed E-state index contributed by atoms with van der Waals surface area (Å²) in [6, 6.07) is 0. The standard InChI is InChI=1S/C13H21N3O2/c1-4-16-10(3)13(9(2)15-16)14-12(17)8-18-7-11-5-6-11/h11H,4-8H2,1-3H3,(H,14,17). The van der Waals surface area contributed by atoms with Crippen molar-refractivity contribution >= 4 is 11.6 Å². The Bertz CT molecular complexity index is 436. The lowest BCUT2D eigenvalue weighted by Gasteiger charge is -2.06. The molecule has 1 saturated carbocycles. The summed E-state index contributed by atoms with van der Waals surface area (Å²) in [5, 5.41) is 7.24. The summed E-state index contributed by atoms with van der Waals surface area (Å²) in [7, 11) is 0. The molecule has 0 bridgehead atoms. The predicted molar refractivity (Wildman–Crippen MR) is 69.5 cm³/mol. The fourth-order valence-corrected chi connectivity index (χ4v) is 1.96. The van der Waals surface area contributed by atoms with Crippen LogP contribution in [0.3, 0.4) is 0 Å². The maximum atomic E-state index is 11.7. The molecule has 5 heteroatoms. The average molecular weight is 251 g/mol. The lowest BCUT2D eigenvalue weighted by Crippen LogP contribution is -2.19. The summed E-state index contributed by atoms with van der Waals surface area (Å²) in [5.41, 5.74) is 2.66. The molecule has 0 aromatic carbocycles. The highest BCUT2D eigenvalue weighted by molar-refractivity contribution is 5.92. The number of rotatable bonds is 6. The molecule has 100 valence electrons. The van der Waals surface area contributed by atoms with E-state index in [-0.39, 0.29) is 12.5 Å². The highest BCUT2D eigenvalue weighted by Gasteiger charge is 2.21. The van der Waals surface area contributed by atoms with Gasteiger partial charge in [0.15, 0.2) is 0 Å². The van der Waals surface area contributed by atoms with E-state index < -0.39 is 0 Å². The van der Waals surface area contributed by atoms with Gasteiger partial charge in [-0.25, -0.2) is 0 Å². The summed E-state index contributed by atoms with van der Waals surface area (Å²) >= 11 is 0. The Kier molecular flexibility index (Phi) is 4.01. The zero-order chi connectivity index (χ0) is 13.1. The molecule has 1 aromatic rings. The number of aryl methyl sites for hydroxylation is 2. The molecule has 1 aromatic heterocycles. The molecule has 1 amide bonds. The smallest absolute Gasteiger partial charge is 0.250 e. The fraction of sp³-hybridized carbons (Fsp3) is 0.692. The highest BCUT2D eigenvalue weighted by Crippen LogP contribution is 2.28. The number of hydrogen-bond donors (Lipinski definition) is 1. The molecule has 18 heavy (non-hydrogen) atoms. The summed E-state index contributed by atoms with van der Waals surface area (Å²) in [4.78, 5) is 11.7. The molecule has 1 heterocycles. The van der Waals surface area contributed by atoms with Crippen molar-refractivity contribution in [3.05, 3.63) is 11.4 Å². The second-order valence-electron chi connectivity index (χ2n) is 4.87. The third-order valence-corrected chi connectivity index (χ3v) is 3.23. The molecule has 0 radical (unpaired) electrons. The number of ether oxygens (including phenoxy) is 1. The largest absolute Gasteiger partial charge is 0.371 e. The molecule has 1 fully saturated rings. The van der Waals surface area contributed by atoms with E-state index in [0.29, 0.717) is 12.5 Å².